The van der Waals surface area contributed by atoms with Gasteiger partial charge in [0.2, 0.25) is 0 Å². The highest BCUT2D eigenvalue weighted by Gasteiger charge is 2.16. The number of ether oxygens (including phenoxy) is 2. The van der Waals surface area contributed by atoms with Crippen LogP contribution in [-0.2, 0) is 27.9 Å². The van der Waals surface area contributed by atoms with Crippen molar-refractivity contribution >= 4 is 5.97 Å². The van der Waals surface area contributed by atoms with E-state index in [1.807, 2.05) is 0 Å². The summed E-state index contributed by atoms with van der Waals surface area (Å²) in [5, 5.41) is 3.79. The molecule has 7 heteroatoms. The normalized spacial score (nSPS) is 19.7. The van der Waals surface area contributed by atoms with Gasteiger partial charge < -0.3 is 9.47 Å². The van der Waals surface area contributed by atoms with E-state index < -0.39 is 5.97 Å². The molecule has 0 bridgehead atoms. The Hall–Kier alpha value is -1.63. The Balaban J connectivity index is 1.78. The zero-order valence-electron chi connectivity index (χ0n) is 10.4. The van der Waals surface area contributed by atoms with Crippen molar-refractivity contribution in [1.29, 1.82) is 0 Å². The van der Waals surface area contributed by atoms with Gasteiger partial charge in [0.15, 0.2) is 0 Å². The zero-order chi connectivity index (χ0) is 13.0. The first-order valence-corrected chi connectivity index (χ1v) is 6.02. The molecule has 0 aromatic carbocycles. The summed E-state index contributed by atoms with van der Waals surface area (Å²) in [6.45, 7) is 0.814. The van der Waals surface area contributed by atoms with E-state index in [1.165, 1.54) is 10.9 Å². The average molecular weight is 255 g/mol. The van der Waals surface area contributed by atoms with Crippen LogP contribution in [-0.4, -0.2) is 39.6 Å². The Bertz CT molecular complexity index is 459. The lowest BCUT2D eigenvalue weighted by molar-refractivity contribution is -0.150. The summed E-state index contributed by atoms with van der Waals surface area (Å²) in [6, 6.07) is 0. The maximum atomic E-state index is 11.5. The molecule has 0 saturated carbocycles. The second kappa shape index (κ2) is 5.81. The van der Waals surface area contributed by atoms with Gasteiger partial charge in [-0.1, -0.05) is 0 Å². The number of hydrogen-bond acceptors (Lipinski definition) is 5. The van der Waals surface area contributed by atoms with Crippen LogP contribution in [0.25, 0.3) is 0 Å². The predicted octanol–water partition coefficient (Wildman–Crippen LogP) is -0.306. The molecule has 1 aliphatic heterocycles. The number of rotatable bonds is 4. The lowest BCUT2D eigenvalue weighted by Crippen LogP contribution is -2.30. The Morgan fingerprint density at radius 3 is 3.06 bits per heavy atom. The van der Waals surface area contributed by atoms with Crippen LogP contribution in [0.5, 0.6) is 0 Å². The summed E-state index contributed by atoms with van der Waals surface area (Å²) >= 11 is 0. The molecule has 1 aromatic heterocycles. The molecule has 1 fully saturated rings. The van der Waals surface area contributed by atoms with Crippen LogP contribution >= 0.6 is 0 Å². The van der Waals surface area contributed by atoms with Crippen LogP contribution in [0.3, 0.4) is 0 Å². The van der Waals surface area contributed by atoms with Gasteiger partial charge in [0.25, 0.3) is 0 Å². The first kappa shape index (κ1) is 12.8. The molecule has 7 nitrogen and oxygen atoms in total. The Morgan fingerprint density at radius 2 is 2.44 bits per heavy atom. The summed E-state index contributed by atoms with van der Waals surface area (Å²) in [4.78, 5) is 23.0. The van der Waals surface area contributed by atoms with Crippen molar-refractivity contribution < 1.29 is 14.3 Å². The highest BCUT2D eigenvalue weighted by atomic mass is 16.6. The van der Waals surface area contributed by atoms with Crippen molar-refractivity contribution in [2.75, 3.05) is 13.2 Å². The van der Waals surface area contributed by atoms with Crippen LogP contribution < -0.4 is 5.69 Å². The van der Waals surface area contributed by atoms with Crippen LogP contribution in [0.15, 0.2) is 11.1 Å². The number of aromatic nitrogens is 3. The van der Waals surface area contributed by atoms with Crippen molar-refractivity contribution in [3.05, 3.63) is 16.8 Å². The Morgan fingerprint density at radius 1 is 1.61 bits per heavy atom. The van der Waals surface area contributed by atoms with Crippen molar-refractivity contribution in [2.45, 2.75) is 31.9 Å². The molecule has 0 unspecified atom stereocenters. The van der Waals surface area contributed by atoms with E-state index in [4.69, 9.17) is 9.47 Å². The predicted molar refractivity (Wildman–Crippen MR) is 62.0 cm³/mol. The summed E-state index contributed by atoms with van der Waals surface area (Å²) in [5.41, 5.74) is -0.333. The second-order valence-electron chi connectivity index (χ2n) is 4.35. The van der Waals surface area contributed by atoms with Crippen molar-refractivity contribution in [3.63, 3.8) is 0 Å². The Kier molecular flexibility index (Phi) is 4.14. The molecule has 18 heavy (non-hydrogen) atoms. The topological polar surface area (TPSA) is 75.3 Å². The van der Waals surface area contributed by atoms with Gasteiger partial charge in [-0.2, -0.15) is 5.10 Å². The molecule has 1 saturated heterocycles. The molecule has 0 amide bonds. The van der Waals surface area contributed by atoms with Crippen LogP contribution in [0.4, 0.5) is 0 Å². The molecule has 0 N–H and O–H groups in total. The molecule has 1 aliphatic rings. The second-order valence-corrected chi connectivity index (χ2v) is 4.35. The minimum absolute atomic E-state index is 0.0110. The van der Waals surface area contributed by atoms with E-state index in [2.05, 4.69) is 5.10 Å². The standard InChI is InChI=1S/C11H17N3O4/c1-13-8-12-14(11(13)16)6-10(15)18-7-9-4-2-3-5-17-9/h8-9H,2-7H2,1H3/t9-/m1/s1. The monoisotopic (exact) mass is 255 g/mol. The average Bonchev–Trinajstić information content (AvgIpc) is 2.70. The van der Waals surface area contributed by atoms with E-state index in [0.717, 1.165) is 30.6 Å². The molecular weight excluding hydrogens is 238 g/mol. The van der Waals surface area contributed by atoms with E-state index in [9.17, 15) is 9.59 Å². The van der Waals surface area contributed by atoms with E-state index in [-0.39, 0.29) is 24.9 Å². The van der Waals surface area contributed by atoms with Gasteiger partial charge in [-0.25, -0.2) is 9.48 Å². The lowest BCUT2D eigenvalue weighted by atomic mass is 10.1. The largest absolute Gasteiger partial charge is 0.462 e. The van der Waals surface area contributed by atoms with Gasteiger partial charge in [-0.15, -0.1) is 0 Å². The molecule has 2 heterocycles. The molecule has 0 radical (unpaired) electrons. The zero-order valence-corrected chi connectivity index (χ0v) is 10.4. The highest BCUT2D eigenvalue weighted by Crippen LogP contribution is 2.12. The SMILES string of the molecule is Cn1cnn(CC(=O)OC[C@H]2CCCCO2)c1=O. The molecule has 2 rings (SSSR count). The van der Waals surface area contributed by atoms with E-state index in [1.54, 1.807) is 7.05 Å². The highest BCUT2D eigenvalue weighted by molar-refractivity contribution is 5.68. The minimum Gasteiger partial charge on any atom is -0.462 e. The number of hydrogen-bond donors (Lipinski definition) is 0. The van der Waals surface area contributed by atoms with Crippen LogP contribution in [0.2, 0.25) is 0 Å². The van der Waals surface area contributed by atoms with Crippen LogP contribution in [0.1, 0.15) is 19.3 Å². The summed E-state index contributed by atoms with van der Waals surface area (Å²) in [5.74, 6) is -0.468. The molecule has 1 aromatic rings. The number of esters is 1. The first-order valence-electron chi connectivity index (χ1n) is 6.02. The van der Waals surface area contributed by atoms with Gasteiger partial charge in [-0.05, 0) is 19.3 Å². The summed E-state index contributed by atoms with van der Waals surface area (Å²) in [6.07, 6.45) is 4.43. The van der Waals surface area contributed by atoms with Gasteiger partial charge in [0, 0.05) is 13.7 Å². The Labute approximate surface area is 104 Å². The van der Waals surface area contributed by atoms with E-state index >= 15 is 0 Å². The van der Waals surface area contributed by atoms with Crippen LogP contribution in [0, 0.1) is 0 Å². The van der Waals surface area contributed by atoms with Crippen molar-refractivity contribution in [3.8, 4) is 0 Å². The van der Waals surface area contributed by atoms with Gasteiger partial charge in [0.1, 0.15) is 19.5 Å². The lowest BCUT2D eigenvalue weighted by Gasteiger charge is -2.21. The molecular formula is C11H17N3O4. The van der Waals surface area contributed by atoms with Crippen molar-refractivity contribution in [1.82, 2.24) is 14.3 Å². The number of nitrogens with zero attached hydrogens (tertiary/aromatic N) is 3. The third-order valence-electron chi connectivity index (χ3n) is 2.87. The third-order valence-corrected chi connectivity index (χ3v) is 2.87. The number of carbonyl (C=O) groups excluding carboxylic acids is 1. The van der Waals surface area contributed by atoms with Crippen molar-refractivity contribution in [2.24, 2.45) is 7.05 Å². The van der Waals surface area contributed by atoms with Gasteiger partial charge >= 0.3 is 11.7 Å². The first-order chi connectivity index (χ1) is 8.66. The minimum atomic E-state index is -0.468. The van der Waals surface area contributed by atoms with Gasteiger partial charge in [-0.3, -0.25) is 9.36 Å². The maximum absolute atomic E-state index is 11.5. The fourth-order valence-electron chi connectivity index (χ4n) is 1.82. The molecule has 1 atom stereocenters. The smallest absolute Gasteiger partial charge is 0.345 e. The molecule has 0 spiro atoms. The molecule has 100 valence electrons. The summed E-state index contributed by atoms with van der Waals surface area (Å²) < 4.78 is 12.9. The third kappa shape index (κ3) is 3.19. The fraction of sp³-hybridized carbons (Fsp3) is 0.727. The summed E-state index contributed by atoms with van der Waals surface area (Å²) in [7, 11) is 1.58. The van der Waals surface area contributed by atoms with E-state index in [0.29, 0.717) is 0 Å². The quantitative estimate of drug-likeness (QED) is 0.690. The van der Waals surface area contributed by atoms with Gasteiger partial charge in [0.05, 0.1) is 6.10 Å². The number of carbonyl (C=O) groups is 1. The number of aryl methyl sites for hydroxylation is 1. The molecule has 0 aliphatic carbocycles. The maximum Gasteiger partial charge on any atom is 0.345 e. The fourth-order valence-corrected chi connectivity index (χ4v) is 1.82.